The van der Waals surface area contributed by atoms with Crippen LogP contribution < -0.4 is 9.47 Å². The number of fused-ring (bicyclic) bond motifs is 1. The summed E-state index contributed by atoms with van der Waals surface area (Å²) in [6, 6.07) is 9.29. The quantitative estimate of drug-likeness (QED) is 0.529. The molecule has 0 unspecified atom stereocenters. The molecule has 0 saturated carbocycles. The lowest BCUT2D eigenvalue weighted by Crippen LogP contribution is -1.96. The zero-order valence-electron chi connectivity index (χ0n) is 12.8. The topological polar surface area (TPSA) is 74.5 Å². The highest BCUT2D eigenvalue weighted by Crippen LogP contribution is 2.45. The number of hydrogen-bond donors (Lipinski definition) is 0. The minimum Gasteiger partial charge on any atom is -0.494 e. The number of thiazole rings is 1. The minimum absolute atomic E-state index is 0.129. The third-order valence-electron chi connectivity index (χ3n) is 3.49. The fraction of sp³-hybridized carbons (Fsp3) is 0.188. The van der Waals surface area contributed by atoms with E-state index in [1.165, 1.54) is 31.6 Å². The van der Waals surface area contributed by atoms with Gasteiger partial charge in [-0.05, 0) is 6.92 Å². The van der Waals surface area contributed by atoms with Crippen LogP contribution in [0.2, 0.25) is 0 Å². The average Bonchev–Trinajstić information content (AvgIpc) is 2.98. The maximum absolute atomic E-state index is 11.3. The summed E-state index contributed by atoms with van der Waals surface area (Å²) in [4.78, 5) is 15.4. The molecule has 3 rings (SSSR count). The summed E-state index contributed by atoms with van der Waals surface area (Å²) in [5, 5.41) is 12.0. The van der Waals surface area contributed by atoms with Crippen LogP contribution in [0.3, 0.4) is 0 Å². The first kappa shape index (κ1) is 15.2. The number of ether oxygens (including phenoxy) is 2. The molecule has 0 aliphatic rings. The van der Waals surface area contributed by atoms with Gasteiger partial charge in [0.1, 0.15) is 15.2 Å². The Labute approximate surface area is 136 Å². The molecule has 0 saturated heterocycles. The second-order valence-electron chi connectivity index (χ2n) is 4.95. The van der Waals surface area contributed by atoms with Crippen LogP contribution in [0.1, 0.15) is 5.56 Å². The Morgan fingerprint density at radius 3 is 2.43 bits per heavy atom. The Bertz CT molecular complexity index is 887. The van der Waals surface area contributed by atoms with E-state index in [1.54, 1.807) is 0 Å². The van der Waals surface area contributed by atoms with Crippen molar-refractivity contribution in [1.82, 2.24) is 4.98 Å². The highest BCUT2D eigenvalue weighted by atomic mass is 32.1. The summed E-state index contributed by atoms with van der Waals surface area (Å²) in [5.41, 5.74) is 2.54. The molecule has 0 amide bonds. The Hall–Kier alpha value is -2.67. The Balaban J connectivity index is 2.29. The van der Waals surface area contributed by atoms with Crippen molar-refractivity contribution in [2.24, 2.45) is 0 Å². The number of aromatic nitrogens is 1. The summed E-state index contributed by atoms with van der Waals surface area (Å²) < 4.78 is 11.1. The molecule has 0 atom stereocenters. The van der Waals surface area contributed by atoms with Crippen molar-refractivity contribution in [1.29, 1.82) is 0 Å². The molecule has 0 radical (unpaired) electrons. The monoisotopic (exact) mass is 330 g/mol. The first-order valence-electron chi connectivity index (χ1n) is 6.82. The van der Waals surface area contributed by atoms with Crippen molar-refractivity contribution < 1.29 is 14.4 Å². The number of nitrogens with zero attached hydrogens (tertiary/aromatic N) is 2. The van der Waals surface area contributed by atoms with Crippen molar-refractivity contribution in [3.63, 3.8) is 0 Å². The molecule has 0 spiro atoms. The molecular formula is C16H14N2O4S. The van der Waals surface area contributed by atoms with E-state index in [0.29, 0.717) is 16.0 Å². The lowest BCUT2D eigenvalue weighted by atomic mass is 10.2. The van der Waals surface area contributed by atoms with Crippen LogP contribution in [-0.2, 0) is 0 Å². The Morgan fingerprint density at radius 2 is 1.87 bits per heavy atom. The highest BCUT2D eigenvalue weighted by Gasteiger charge is 2.25. The molecule has 118 valence electrons. The predicted octanol–water partition coefficient (Wildman–Crippen LogP) is 4.20. The van der Waals surface area contributed by atoms with Crippen LogP contribution in [0.15, 0.2) is 30.3 Å². The van der Waals surface area contributed by atoms with Crippen LogP contribution in [-0.4, -0.2) is 24.1 Å². The van der Waals surface area contributed by atoms with Gasteiger partial charge in [0, 0.05) is 5.56 Å². The summed E-state index contributed by atoms with van der Waals surface area (Å²) in [5.74, 6) is 0.573. The third kappa shape index (κ3) is 2.59. The van der Waals surface area contributed by atoms with Crippen molar-refractivity contribution in [3.05, 3.63) is 46.0 Å². The van der Waals surface area contributed by atoms with Gasteiger partial charge in [0.15, 0.2) is 5.75 Å². The smallest absolute Gasteiger partial charge is 0.316 e. The molecule has 0 bridgehead atoms. The van der Waals surface area contributed by atoms with E-state index < -0.39 is 4.92 Å². The first-order chi connectivity index (χ1) is 11.0. The summed E-state index contributed by atoms with van der Waals surface area (Å²) in [7, 11) is 2.88. The van der Waals surface area contributed by atoms with Crippen LogP contribution in [0, 0.1) is 17.0 Å². The third-order valence-corrected chi connectivity index (χ3v) is 4.59. The number of aryl methyl sites for hydroxylation is 1. The Morgan fingerprint density at radius 1 is 1.17 bits per heavy atom. The number of hydrogen-bond acceptors (Lipinski definition) is 6. The minimum atomic E-state index is -0.480. The maximum atomic E-state index is 11.3. The molecule has 0 N–H and O–H groups in total. The summed E-state index contributed by atoms with van der Waals surface area (Å²) in [6.07, 6.45) is 0. The van der Waals surface area contributed by atoms with E-state index in [1.807, 2.05) is 31.2 Å². The number of rotatable bonds is 4. The molecule has 6 nitrogen and oxygen atoms in total. The number of nitro benzene ring substituents is 1. The van der Waals surface area contributed by atoms with Crippen molar-refractivity contribution in [3.8, 4) is 22.1 Å². The second kappa shape index (κ2) is 5.85. The number of nitro groups is 1. The average molecular weight is 330 g/mol. The number of benzene rings is 2. The van der Waals surface area contributed by atoms with E-state index in [2.05, 4.69) is 4.98 Å². The standard InChI is InChI=1S/C16H14N2O4S/c1-9-4-6-10(7-5-9)16-17-13-12(21-2)8-11(18(19)20)14(22-3)15(13)23-16/h4-8H,1-3H3. The van der Waals surface area contributed by atoms with Gasteiger partial charge in [-0.15, -0.1) is 11.3 Å². The highest BCUT2D eigenvalue weighted by molar-refractivity contribution is 7.22. The lowest BCUT2D eigenvalue weighted by molar-refractivity contribution is -0.385. The molecule has 0 aliphatic carbocycles. The van der Waals surface area contributed by atoms with E-state index in [9.17, 15) is 10.1 Å². The Kier molecular flexibility index (Phi) is 3.87. The molecule has 3 aromatic rings. The molecule has 7 heteroatoms. The largest absolute Gasteiger partial charge is 0.494 e. The van der Waals surface area contributed by atoms with Gasteiger partial charge in [-0.2, -0.15) is 0 Å². The van der Waals surface area contributed by atoms with Crippen LogP contribution in [0.25, 0.3) is 20.8 Å². The molecule has 1 aromatic heterocycles. The van der Waals surface area contributed by atoms with Crippen LogP contribution in [0.4, 0.5) is 5.69 Å². The predicted molar refractivity (Wildman–Crippen MR) is 89.6 cm³/mol. The molecule has 0 fully saturated rings. The normalized spacial score (nSPS) is 10.7. The second-order valence-corrected chi connectivity index (χ2v) is 5.95. The lowest BCUT2D eigenvalue weighted by Gasteiger charge is -2.05. The molecule has 23 heavy (non-hydrogen) atoms. The van der Waals surface area contributed by atoms with Gasteiger partial charge in [-0.1, -0.05) is 29.8 Å². The van der Waals surface area contributed by atoms with E-state index in [4.69, 9.17) is 9.47 Å². The summed E-state index contributed by atoms with van der Waals surface area (Å²) in [6.45, 7) is 2.01. The molecule has 2 aromatic carbocycles. The van der Waals surface area contributed by atoms with Crippen molar-refractivity contribution in [2.45, 2.75) is 6.92 Å². The first-order valence-corrected chi connectivity index (χ1v) is 7.63. The van der Waals surface area contributed by atoms with Crippen molar-refractivity contribution in [2.75, 3.05) is 14.2 Å². The fourth-order valence-electron chi connectivity index (χ4n) is 2.32. The van der Waals surface area contributed by atoms with Gasteiger partial charge < -0.3 is 9.47 Å². The van der Waals surface area contributed by atoms with E-state index in [-0.39, 0.29) is 11.4 Å². The van der Waals surface area contributed by atoms with Crippen molar-refractivity contribution >= 4 is 27.2 Å². The SMILES string of the molecule is COc1cc([N+](=O)[O-])c(OC)c2sc(-c3ccc(C)cc3)nc12. The molecular weight excluding hydrogens is 316 g/mol. The van der Waals surface area contributed by atoms with Gasteiger partial charge in [0.05, 0.1) is 25.2 Å². The van der Waals surface area contributed by atoms with E-state index in [0.717, 1.165) is 16.1 Å². The van der Waals surface area contributed by atoms with Gasteiger partial charge in [0.2, 0.25) is 5.75 Å². The van der Waals surface area contributed by atoms with Gasteiger partial charge in [-0.25, -0.2) is 4.98 Å². The zero-order chi connectivity index (χ0) is 16.6. The fourth-order valence-corrected chi connectivity index (χ4v) is 3.43. The maximum Gasteiger partial charge on any atom is 0.316 e. The molecule has 0 aliphatic heterocycles. The van der Waals surface area contributed by atoms with E-state index >= 15 is 0 Å². The van der Waals surface area contributed by atoms with Crippen LogP contribution in [0.5, 0.6) is 11.5 Å². The van der Waals surface area contributed by atoms with Crippen LogP contribution >= 0.6 is 11.3 Å². The van der Waals surface area contributed by atoms with Gasteiger partial charge in [0.25, 0.3) is 0 Å². The summed E-state index contributed by atoms with van der Waals surface area (Å²) >= 11 is 1.35. The van der Waals surface area contributed by atoms with Gasteiger partial charge >= 0.3 is 5.69 Å². The zero-order valence-corrected chi connectivity index (χ0v) is 13.6. The number of methoxy groups -OCH3 is 2. The molecule has 1 heterocycles. The van der Waals surface area contributed by atoms with Gasteiger partial charge in [-0.3, -0.25) is 10.1 Å².